The SMILES string of the molecule is CN(C)C(=O)CN1CCC(N[C@H](Cc2ccc(Cl)cc2)C(=O)N2CCC(Cn3cncn3)(C3CCCCC3)CC2)CC1. The summed E-state index contributed by atoms with van der Waals surface area (Å²) in [5.74, 6) is 1.02. The van der Waals surface area contributed by atoms with Gasteiger partial charge in [-0.25, -0.2) is 4.98 Å². The highest BCUT2D eigenvalue weighted by Gasteiger charge is 2.44. The van der Waals surface area contributed by atoms with E-state index in [1.165, 1.54) is 32.1 Å². The van der Waals surface area contributed by atoms with Crippen LogP contribution >= 0.6 is 11.6 Å². The molecule has 0 spiro atoms. The number of rotatable bonds is 10. The minimum absolute atomic E-state index is 0.135. The first-order valence-electron chi connectivity index (χ1n) is 15.9. The lowest BCUT2D eigenvalue weighted by Gasteiger charge is -2.48. The highest BCUT2D eigenvalue weighted by atomic mass is 35.5. The van der Waals surface area contributed by atoms with Crippen LogP contribution in [0.3, 0.4) is 0 Å². The Morgan fingerprint density at radius 2 is 1.71 bits per heavy atom. The molecule has 2 aliphatic heterocycles. The van der Waals surface area contributed by atoms with Gasteiger partial charge in [-0.15, -0.1) is 0 Å². The summed E-state index contributed by atoms with van der Waals surface area (Å²) in [4.78, 5) is 36.6. The van der Waals surface area contributed by atoms with Gasteiger partial charge in [-0.05, 0) is 74.0 Å². The summed E-state index contributed by atoms with van der Waals surface area (Å²) < 4.78 is 2.01. The van der Waals surface area contributed by atoms with Crippen LogP contribution in [-0.4, -0.2) is 100 Å². The predicted octanol–water partition coefficient (Wildman–Crippen LogP) is 3.87. The van der Waals surface area contributed by atoms with Crippen LogP contribution in [0.4, 0.5) is 0 Å². The Hall–Kier alpha value is -2.49. The number of halogens is 1. The summed E-state index contributed by atoms with van der Waals surface area (Å²) in [7, 11) is 3.61. The van der Waals surface area contributed by atoms with Crippen molar-refractivity contribution < 1.29 is 9.59 Å². The lowest BCUT2D eigenvalue weighted by Crippen LogP contribution is -2.56. The zero-order valence-electron chi connectivity index (χ0n) is 25.4. The van der Waals surface area contributed by atoms with Gasteiger partial charge in [-0.1, -0.05) is 43.0 Å². The first kappa shape index (κ1) is 31.0. The maximum Gasteiger partial charge on any atom is 0.240 e. The molecule has 1 atom stereocenters. The quantitative estimate of drug-likeness (QED) is 0.447. The van der Waals surface area contributed by atoms with Crippen LogP contribution < -0.4 is 5.32 Å². The largest absolute Gasteiger partial charge is 0.348 e. The molecular formula is C32H48ClN7O2. The van der Waals surface area contributed by atoms with E-state index in [9.17, 15) is 9.59 Å². The van der Waals surface area contributed by atoms with E-state index >= 15 is 0 Å². The highest BCUT2D eigenvalue weighted by molar-refractivity contribution is 6.30. The second-order valence-corrected chi connectivity index (χ2v) is 13.4. The van der Waals surface area contributed by atoms with Gasteiger partial charge in [-0.2, -0.15) is 5.10 Å². The molecule has 2 aromatic rings. The number of hydrogen-bond acceptors (Lipinski definition) is 6. The molecular weight excluding hydrogens is 550 g/mol. The van der Waals surface area contributed by atoms with Gasteiger partial charge in [0.25, 0.3) is 0 Å². The van der Waals surface area contributed by atoms with Crippen molar-refractivity contribution in [3.8, 4) is 0 Å². The summed E-state index contributed by atoms with van der Waals surface area (Å²) in [6.45, 7) is 4.63. The van der Waals surface area contributed by atoms with E-state index in [-0.39, 0.29) is 29.3 Å². The fourth-order valence-corrected chi connectivity index (χ4v) is 7.51. The number of nitrogens with one attached hydrogen (secondary N) is 1. The fourth-order valence-electron chi connectivity index (χ4n) is 7.39. The zero-order chi connectivity index (χ0) is 29.5. The number of nitrogens with zero attached hydrogens (tertiary/aromatic N) is 6. The third-order valence-corrected chi connectivity index (χ3v) is 10.3. The molecule has 0 radical (unpaired) electrons. The molecule has 5 rings (SSSR count). The van der Waals surface area contributed by atoms with Crippen molar-refractivity contribution in [1.82, 2.24) is 34.8 Å². The Kier molecular flexibility index (Phi) is 10.6. The minimum atomic E-state index is -0.288. The van der Waals surface area contributed by atoms with Crippen molar-refractivity contribution in [3.63, 3.8) is 0 Å². The third-order valence-electron chi connectivity index (χ3n) is 10.0. The molecule has 1 aromatic carbocycles. The van der Waals surface area contributed by atoms with Crippen LogP contribution in [0.15, 0.2) is 36.9 Å². The zero-order valence-corrected chi connectivity index (χ0v) is 26.1. The molecule has 230 valence electrons. The van der Waals surface area contributed by atoms with Crippen LogP contribution in [0.2, 0.25) is 5.02 Å². The number of aromatic nitrogens is 3. The summed E-state index contributed by atoms with van der Waals surface area (Å²) >= 11 is 6.17. The van der Waals surface area contributed by atoms with Crippen LogP contribution in [0.25, 0.3) is 0 Å². The summed E-state index contributed by atoms with van der Waals surface area (Å²) in [6.07, 6.45) is 14.5. The Morgan fingerprint density at radius 3 is 2.33 bits per heavy atom. The topological polar surface area (TPSA) is 86.6 Å². The highest BCUT2D eigenvalue weighted by Crippen LogP contribution is 2.47. The number of benzene rings is 1. The predicted molar refractivity (Wildman–Crippen MR) is 165 cm³/mol. The van der Waals surface area contributed by atoms with Gasteiger partial charge < -0.3 is 15.1 Å². The molecule has 9 nitrogen and oxygen atoms in total. The maximum absolute atomic E-state index is 14.2. The number of hydrogen-bond donors (Lipinski definition) is 1. The van der Waals surface area contributed by atoms with E-state index in [2.05, 4.69) is 25.2 Å². The van der Waals surface area contributed by atoms with Crippen molar-refractivity contribution in [3.05, 3.63) is 47.5 Å². The average molecular weight is 598 g/mol. The first-order valence-corrected chi connectivity index (χ1v) is 16.2. The number of likely N-dealkylation sites (tertiary alicyclic amines) is 2. The molecule has 3 fully saturated rings. The Bertz CT molecular complexity index is 1130. The Balaban J connectivity index is 1.25. The van der Waals surface area contributed by atoms with Gasteiger partial charge in [0.15, 0.2) is 0 Å². The van der Waals surface area contributed by atoms with Gasteiger partial charge in [0, 0.05) is 57.9 Å². The van der Waals surface area contributed by atoms with E-state index in [0.717, 1.165) is 64.0 Å². The van der Waals surface area contributed by atoms with Gasteiger partial charge in [-0.3, -0.25) is 19.2 Å². The number of carbonyl (C=O) groups is 2. The van der Waals surface area contributed by atoms with Crippen molar-refractivity contribution in [2.75, 3.05) is 46.8 Å². The Morgan fingerprint density at radius 1 is 1.02 bits per heavy atom. The summed E-state index contributed by atoms with van der Waals surface area (Å²) in [5.41, 5.74) is 1.28. The summed E-state index contributed by atoms with van der Waals surface area (Å²) in [5, 5.41) is 8.93. The van der Waals surface area contributed by atoms with Crippen LogP contribution in [0.5, 0.6) is 0 Å². The number of amides is 2. The van der Waals surface area contributed by atoms with Gasteiger partial charge in [0.1, 0.15) is 12.7 Å². The second-order valence-electron chi connectivity index (χ2n) is 13.0. The standard InChI is InChI=1S/C32H48ClN7O2/c1-37(2)30(41)21-38-16-12-28(13-17-38)36-29(20-25-8-10-27(33)11-9-25)31(42)39-18-14-32(15-19-39,22-40-24-34-23-35-40)26-6-4-3-5-7-26/h8-11,23-24,26,28-29,36H,3-7,12-22H2,1-2H3/t29-/m1/s1. The van der Waals surface area contributed by atoms with Crippen LogP contribution in [0, 0.1) is 11.3 Å². The molecule has 10 heteroatoms. The fraction of sp³-hybridized carbons (Fsp3) is 0.688. The van der Waals surface area contributed by atoms with E-state index in [1.807, 2.05) is 35.3 Å². The number of piperidine rings is 2. The normalized spacial score (nSPS) is 21.3. The lowest BCUT2D eigenvalue weighted by atomic mass is 9.63. The monoisotopic (exact) mass is 597 g/mol. The molecule has 0 bridgehead atoms. The second kappa shape index (κ2) is 14.3. The van der Waals surface area contributed by atoms with Gasteiger partial charge >= 0.3 is 0 Å². The minimum Gasteiger partial charge on any atom is -0.348 e. The van der Waals surface area contributed by atoms with Crippen molar-refractivity contribution in [1.29, 1.82) is 0 Å². The Labute approximate surface area is 256 Å². The van der Waals surface area contributed by atoms with Crippen molar-refractivity contribution in [2.45, 2.75) is 82.8 Å². The molecule has 2 saturated heterocycles. The van der Waals surface area contributed by atoms with E-state index in [1.54, 1.807) is 25.3 Å². The molecule has 1 saturated carbocycles. The number of likely N-dealkylation sites (N-methyl/N-ethyl adjacent to an activating group) is 1. The third kappa shape index (κ3) is 7.91. The molecule has 3 heterocycles. The average Bonchev–Trinajstić information content (AvgIpc) is 3.52. The van der Waals surface area contributed by atoms with Crippen LogP contribution in [0.1, 0.15) is 63.4 Å². The molecule has 1 aromatic heterocycles. The molecule has 1 N–H and O–H groups in total. The van der Waals surface area contributed by atoms with Crippen molar-refractivity contribution >= 4 is 23.4 Å². The first-order chi connectivity index (χ1) is 20.3. The lowest BCUT2D eigenvalue weighted by molar-refractivity contribution is -0.137. The van der Waals surface area contributed by atoms with E-state index in [4.69, 9.17) is 11.6 Å². The van der Waals surface area contributed by atoms with E-state index in [0.29, 0.717) is 23.9 Å². The summed E-state index contributed by atoms with van der Waals surface area (Å²) in [6, 6.07) is 7.83. The molecule has 2 amide bonds. The van der Waals surface area contributed by atoms with Gasteiger partial charge in [0.05, 0.1) is 12.6 Å². The van der Waals surface area contributed by atoms with E-state index < -0.39 is 0 Å². The molecule has 42 heavy (non-hydrogen) atoms. The molecule has 1 aliphatic carbocycles. The maximum atomic E-state index is 14.2. The van der Waals surface area contributed by atoms with Gasteiger partial charge in [0.2, 0.25) is 11.8 Å². The molecule has 0 unspecified atom stereocenters. The van der Waals surface area contributed by atoms with Crippen molar-refractivity contribution in [2.24, 2.45) is 11.3 Å². The smallest absolute Gasteiger partial charge is 0.240 e. The molecule has 3 aliphatic rings. The van der Waals surface area contributed by atoms with Crippen LogP contribution in [-0.2, 0) is 22.6 Å². The number of carbonyl (C=O) groups excluding carboxylic acids is 2.